The molecule has 48 heavy (non-hydrogen) atoms. The van der Waals surface area contributed by atoms with Crippen LogP contribution in [0.2, 0.25) is 0 Å². The van der Waals surface area contributed by atoms with Crippen molar-refractivity contribution in [2.45, 2.75) is 6.04 Å². The lowest BCUT2D eigenvalue weighted by Gasteiger charge is -2.28. The molecule has 0 spiro atoms. The Morgan fingerprint density at radius 3 is 2.31 bits per heavy atom. The molecule has 6 aromatic carbocycles. The van der Waals surface area contributed by atoms with E-state index < -0.39 is 0 Å². The summed E-state index contributed by atoms with van der Waals surface area (Å²) in [5.74, 6) is 2.50. The van der Waals surface area contributed by atoms with E-state index >= 15 is 0 Å². The van der Waals surface area contributed by atoms with E-state index in [0.29, 0.717) is 0 Å². The van der Waals surface area contributed by atoms with Gasteiger partial charge in [-0.2, -0.15) is 0 Å². The number of aromatic nitrogens is 1. The molecule has 4 heteroatoms. The van der Waals surface area contributed by atoms with Crippen LogP contribution in [0.5, 0.6) is 11.5 Å². The van der Waals surface area contributed by atoms with Gasteiger partial charge in [-0.3, -0.25) is 4.57 Å². The molecule has 0 fully saturated rings. The number of nitrogens with zero attached hydrogens (tertiary/aromatic N) is 2. The highest BCUT2D eigenvalue weighted by molar-refractivity contribution is 6.18. The smallest absolute Gasteiger partial charge is 0.209 e. The monoisotopic (exact) mass is 615 g/mol. The molecule has 10 rings (SSSR count). The zero-order valence-electron chi connectivity index (χ0n) is 26.0. The second-order valence-corrected chi connectivity index (χ2v) is 12.4. The van der Waals surface area contributed by atoms with Crippen molar-refractivity contribution < 1.29 is 4.74 Å². The van der Waals surface area contributed by atoms with E-state index in [9.17, 15) is 0 Å². The van der Waals surface area contributed by atoms with Crippen molar-refractivity contribution in [3.63, 3.8) is 0 Å². The van der Waals surface area contributed by atoms with Gasteiger partial charge in [-0.1, -0.05) is 140 Å². The number of benzene rings is 6. The Kier molecular flexibility index (Phi) is 5.90. The fourth-order valence-corrected chi connectivity index (χ4v) is 7.38. The maximum atomic E-state index is 6.71. The zero-order valence-corrected chi connectivity index (χ0v) is 26.0. The summed E-state index contributed by atoms with van der Waals surface area (Å²) in [4.78, 5) is 5.41. The third-order valence-corrected chi connectivity index (χ3v) is 9.67. The molecule has 1 atom stereocenters. The second-order valence-electron chi connectivity index (χ2n) is 12.4. The van der Waals surface area contributed by atoms with E-state index in [1.807, 2.05) is 18.2 Å². The van der Waals surface area contributed by atoms with E-state index in [2.05, 4.69) is 156 Å². The third-order valence-electron chi connectivity index (χ3n) is 9.67. The average Bonchev–Trinajstić information content (AvgIpc) is 3.36. The van der Waals surface area contributed by atoms with Crippen LogP contribution in [0.15, 0.2) is 162 Å². The van der Waals surface area contributed by atoms with E-state index in [4.69, 9.17) is 9.73 Å². The topological polar surface area (TPSA) is 38.5 Å². The van der Waals surface area contributed by atoms with Crippen LogP contribution in [0.3, 0.4) is 0 Å². The lowest BCUT2D eigenvalue weighted by Crippen LogP contribution is -2.42. The predicted molar refractivity (Wildman–Crippen MR) is 199 cm³/mol. The number of fused-ring (bicyclic) bond motifs is 8. The quantitative estimate of drug-likeness (QED) is 0.210. The lowest BCUT2D eigenvalue weighted by molar-refractivity contribution is 0.487. The Balaban J connectivity index is 1.14. The van der Waals surface area contributed by atoms with Crippen LogP contribution in [0.4, 0.5) is 0 Å². The van der Waals surface area contributed by atoms with Gasteiger partial charge >= 0.3 is 0 Å². The molecule has 1 aromatic heterocycles. The molecule has 0 saturated carbocycles. The molecular formula is C44H29N3O. The van der Waals surface area contributed by atoms with Gasteiger partial charge in [0.2, 0.25) is 5.96 Å². The van der Waals surface area contributed by atoms with Gasteiger partial charge < -0.3 is 10.1 Å². The van der Waals surface area contributed by atoms with Gasteiger partial charge in [0.05, 0.1) is 28.2 Å². The summed E-state index contributed by atoms with van der Waals surface area (Å²) in [5.41, 5.74) is 9.84. The first kappa shape index (κ1) is 26.8. The molecule has 0 amide bonds. The molecule has 226 valence electrons. The molecule has 4 nitrogen and oxygen atoms in total. The van der Waals surface area contributed by atoms with Crippen LogP contribution in [0.1, 0.15) is 16.7 Å². The van der Waals surface area contributed by atoms with Crippen molar-refractivity contribution >= 4 is 56.4 Å². The predicted octanol–water partition coefficient (Wildman–Crippen LogP) is 10.6. The first-order chi connectivity index (χ1) is 23.8. The summed E-state index contributed by atoms with van der Waals surface area (Å²) >= 11 is 0. The minimum absolute atomic E-state index is 0.0154. The van der Waals surface area contributed by atoms with Crippen LogP contribution in [-0.4, -0.2) is 16.6 Å². The fourth-order valence-electron chi connectivity index (χ4n) is 7.38. The minimum atomic E-state index is -0.0154. The molecule has 1 aliphatic carbocycles. The zero-order chi connectivity index (χ0) is 31.6. The Morgan fingerprint density at radius 1 is 0.604 bits per heavy atom. The summed E-state index contributed by atoms with van der Waals surface area (Å²) in [6, 6.07) is 45.0. The first-order valence-electron chi connectivity index (χ1n) is 16.3. The number of hydrogen-bond donors (Lipinski definition) is 1. The van der Waals surface area contributed by atoms with Gasteiger partial charge in [-0.05, 0) is 46.2 Å². The van der Waals surface area contributed by atoms with Crippen molar-refractivity contribution in [1.29, 1.82) is 0 Å². The van der Waals surface area contributed by atoms with Gasteiger partial charge in [-0.25, -0.2) is 4.99 Å². The minimum Gasteiger partial charge on any atom is -0.455 e. The largest absolute Gasteiger partial charge is 0.455 e. The van der Waals surface area contributed by atoms with Crippen LogP contribution in [0.25, 0.3) is 61.6 Å². The van der Waals surface area contributed by atoms with Crippen molar-refractivity contribution in [3.05, 3.63) is 174 Å². The van der Waals surface area contributed by atoms with Crippen LogP contribution < -0.4 is 10.1 Å². The number of rotatable bonds is 2. The van der Waals surface area contributed by atoms with Crippen LogP contribution >= 0.6 is 0 Å². The SMILES string of the molecule is C1=CC2=C(c3ccc(-c4cccc5ccccc45)cc3)N=C(n3c4ccccc4c4c5c(ccc43)C=Cc3ccccc3O5)NC2C=C1. The van der Waals surface area contributed by atoms with Crippen molar-refractivity contribution in [1.82, 2.24) is 9.88 Å². The average molecular weight is 616 g/mol. The summed E-state index contributed by atoms with van der Waals surface area (Å²) in [6.07, 6.45) is 12.9. The Hall–Kier alpha value is -6.39. The molecule has 3 aliphatic rings. The highest BCUT2D eigenvalue weighted by Crippen LogP contribution is 2.44. The standard InChI is InChI=1S/C44H29N3O/c1-3-13-33-28(10-1)12-9-16-34(33)29-20-23-31(24-21-29)42-35-14-4-6-17-37(35)45-44(46-42)47-38-18-7-5-15-36(38)41-39(47)27-26-32-25-22-30-11-2-8-19-40(30)48-43(32)41/h1-27,37H,(H,45,46). The van der Waals surface area contributed by atoms with Crippen LogP contribution in [-0.2, 0) is 0 Å². The maximum Gasteiger partial charge on any atom is 0.209 e. The molecule has 3 heterocycles. The second kappa shape index (κ2) is 10.6. The first-order valence-corrected chi connectivity index (χ1v) is 16.3. The highest BCUT2D eigenvalue weighted by Gasteiger charge is 2.28. The summed E-state index contributed by atoms with van der Waals surface area (Å²) in [7, 11) is 0. The Bertz CT molecular complexity index is 2610. The normalized spacial score (nSPS) is 16.2. The molecule has 0 radical (unpaired) electrons. The molecule has 1 N–H and O–H groups in total. The van der Waals surface area contributed by atoms with Crippen molar-refractivity contribution in [3.8, 4) is 22.6 Å². The van der Waals surface area contributed by atoms with Crippen molar-refractivity contribution in [2.24, 2.45) is 4.99 Å². The third kappa shape index (κ3) is 4.13. The summed E-state index contributed by atoms with van der Waals surface area (Å²) < 4.78 is 8.96. The molecule has 2 aliphatic heterocycles. The summed E-state index contributed by atoms with van der Waals surface area (Å²) in [5, 5.41) is 8.46. The number of aliphatic imine (C=N–C) groups is 1. The number of hydrogen-bond acceptors (Lipinski definition) is 3. The maximum absolute atomic E-state index is 6.71. The van der Waals surface area contributed by atoms with Crippen LogP contribution in [0, 0.1) is 0 Å². The van der Waals surface area contributed by atoms with Gasteiger partial charge in [0.15, 0.2) is 0 Å². The molecular weight excluding hydrogens is 587 g/mol. The Morgan fingerprint density at radius 2 is 1.38 bits per heavy atom. The van der Waals surface area contributed by atoms with Gasteiger partial charge in [0, 0.05) is 27.6 Å². The van der Waals surface area contributed by atoms with E-state index in [-0.39, 0.29) is 6.04 Å². The molecule has 0 bridgehead atoms. The van der Waals surface area contributed by atoms with Crippen molar-refractivity contribution in [2.75, 3.05) is 0 Å². The molecule has 0 saturated heterocycles. The Labute approximate surface area is 277 Å². The lowest BCUT2D eigenvalue weighted by atomic mass is 9.93. The highest BCUT2D eigenvalue weighted by atomic mass is 16.5. The van der Waals surface area contributed by atoms with E-state index in [1.54, 1.807) is 0 Å². The molecule has 7 aromatic rings. The van der Waals surface area contributed by atoms with Gasteiger partial charge in [-0.15, -0.1) is 0 Å². The number of allylic oxidation sites excluding steroid dienone is 2. The fraction of sp³-hybridized carbons (Fsp3) is 0.0227. The van der Waals surface area contributed by atoms with E-state index in [0.717, 1.165) is 67.2 Å². The van der Waals surface area contributed by atoms with E-state index in [1.165, 1.54) is 21.9 Å². The number of ether oxygens (including phenoxy) is 1. The van der Waals surface area contributed by atoms with Gasteiger partial charge in [0.25, 0.3) is 0 Å². The van der Waals surface area contributed by atoms with Gasteiger partial charge in [0.1, 0.15) is 11.5 Å². The summed E-state index contributed by atoms with van der Waals surface area (Å²) in [6.45, 7) is 0. The molecule has 1 unspecified atom stereocenters. The number of nitrogens with one attached hydrogen (secondary N) is 1. The number of para-hydroxylation sites is 2.